The van der Waals surface area contributed by atoms with Crippen LogP contribution in [0.4, 0.5) is 0 Å². The zero-order chi connectivity index (χ0) is 26.7. The van der Waals surface area contributed by atoms with Gasteiger partial charge >= 0.3 is 0 Å². The topological polar surface area (TPSA) is 23.6 Å². The van der Waals surface area contributed by atoms with Gasteiger partial charge in [0, 0.05) is 38.3 Å². The lowest BCUT2D eigenvalue weighted by Gasteiger charge is -2.36. The van der Waals surface area contributed by atoms with Gasteiger partial charge in [0.25, 0.3) is 5.91 Å². The van der Waals surface area contributed by atoms with Gasteiger partial charge in [0.05, 0.1) is 0 Å². The first-order valence-corrected chi connectivity index (χ1v) is 15.4. The van der Waals surface area contributed by atoms with Gasteiger partial charge in [-0.1, -0.05) is 98.1 Å². The summed E-state index contributed by atoms with van der Waals surface area (Å²) >= 11 is 0. The Morgan fingerprint density at radius 3 is 1.49 bits per heavy atom. The zero-order valence-corrected chi connectivity index (χ0v) is 23.6. The molecule has 2 aliphatic carbocycles. The van der Waals surface area contributed by atoms with E-state index in [0.29, 0.717) is 11.8 Å². The number of hydrogen-bond donors (Lipinski definition) is 0. The predicted octanol–water partition coefficient (Wildman–Crippen LogP) is 8.22. The highest BCUT2D eigenvalue weighted by molar-refractivity contribution is 5.94. The second-order valence-electron chi connectivity index (χ2n) is 12.1. The summed E-state index contributed by atoms with van der Waals surface area (Å²) in [5, 5.41) is 0. The van der Waals surface area contributed by atoms with Crippen molar-refractivity contribution in [2.45, 2.75) is 70.9 Å². The normalized spacial score (nSPS) is 20.1. The quantitative estimate of drug-likeness (QED) is 0.253. The maximum Gasteiger partial charge on any atom is 0.253 e. The van der Waals surface area contributed by atoms with Crippen molar-refractivity contribution in [3.05, 3.63) is 108 Å². The summed E-state index contributed by atoms with van der Waals surface area (Å²) in [6.45, 7) is 5.00. The lowest BCUT2D eigenvalue weighted by Crippen LogP contribution is -2.40. The molecule has 5 rings (SSSR count). The summed E-state index contributed by atoms with van der Waals surface area (Å²) in [4.78, 5) is 18.4. The van der Waals surface area contributed by atoms with Crippen LogP contribution in [0.5, 0.6) is 0 Å². The standard InChI is InChI=1S/C36H46N2O/c39-36(35-19-11-4-12-20-35)38(28-32-17-9-3-10-18-32)29-34-23-21-33(22-24-34)27-37(25-30-13-5-1-6-14-30)26-31-15-7-2-8-16-31/h1-2,4-8,11-16,19-20,32-34H,3,9-10,17-18,21-29H2. The molecule has 0 radical (unpaired) electrons. The third-order valence-corrected chi connectivity index (χ3v) is 8.97. The highest BCUT2D eigenvalue weighted by Gasteiger charge is 2.28. The van der Waals surface area contributed by atoms with Crippen molar-refractivity contribution in [3.63, 3.8) is 0 Å². The van der Waals surface area contributed by atoms with Crippen LogP contribution in [-0.2, 0) is 13.1 Å². The molecule has 2 aliphatic rings. The average Bonchev–Trinajstić information content (AvgIpc) is 2.99. The third-order valence-electron chi connectivity index (χ3n) is 8.97. The Hall–Kier alpha value is -2.91. The van der Waals surface area contributed by atoms with Crippen molar-refractivity contribution >= 4 is 5.91 Å². The Kier molecular flexibility index (Phi) is 10.3. The van der Waals surface area contributed by atoms with E-state index in [4.69, 9.17) is 0 Å². The molecule has 3 aromatic rings. The van der Waals surface area contributed by atoms with Gasteiger partial charge in [0.2, 0.25) is 0 Å². The van der Waals surface area contributed by atoms with E-state index in [9.17, 15) is 4.79 Å². The monoisotopic (exact) mass is 522 g/mol. The van der Waals surface area contributed by atoms with Crippen LogP contribution in [0.15, 0.2) is 91.0 Å². The van der Waals surface area contributed by atoms with E-state index in [2.05, 4.69) is 70.5 Å². The van der Waals surface area contributed by atoms with Gasteiger partial charge in [-0.2, -0.15) is 0 Å². The number of carbonyl (C=O) groups excluding carboxylic acids is 1. The smallest absolute Gasteiger partial charge is 0.253 e. The molecule has 0 atom stereocenters. The van der Waals surface area contributed by atoms with Crippen LogP contribution < -0.4 is 0 Å². The minimum Gasteiger partial charge on any atom is -0.338 e. The Morgan fingerprint density at radius 1 is 0.538 bits per heavy atom. The van der Waals surface area contributed by atoms with E-state index >= 15 is 0 Å². The molecule has 39 heavy (non-hydrogen) atoms. The van der Waals surface area contributed by atoms with E-state index in [1.165, 1.54) is 68.9 Å². The summed E-state index contributed by atoms with van der Waals surface area (Å²) in [5.74, 6) is 2.26. The van der Waals surface area contributed by atoms with E-state index < -0.39 is 0 Å². The van der Waals surface area contributed by atoms with E-state index in [0.717, 1.165) is 44.2 Å². The number of amides is 1. The van der Waals surface area contributed by atoms with Gasteiger partial charge in [0.1, 0.15) is 0 Å². The Bertz CT molecular complexity index is 1060. The first kappa shape index (κ1) is 27.6. The molecule has 3 heteroatoms. The molecule has 0 saturated heterocycles. The fourth-order valence-electron chi connectivity index (χ4n) is 6.83. The minimum atomic E-state index is 0.236. The van der Waals surface area contributed by atoms with Crippen molar-refractivity contribution in [2.24, 2.45) is 17.8 Å². The first-order valence-electron chi connectivity index (χ1n) is 15.4. The van der Waals surface area contributed by atoms with Crippen LogP contribution in [0.3, 0.4) is 0 Å². The first-order chi connectivity index (χ1) is 19.2. The second-order valence-corrected chi connectivity index (χ2v) is 12.1. The molecule has 3 aromatic carbocycles. The second kappa shape index (κ2) is 14.5. The third kappa shape index (κ3) is 8.54. The fraction of sp³-hybridized carbons (Fsp3) is 0.472. The number of nitrogens with zero attached hydrogens (tertiary/aromatic N) is 2. The molecule has 1 amide bonds. The predicted molar refractivity (Wildman–Crippen MR) is 161 cm³/mol. The highest BCUT2D eigenvalue weighted by atomic mass is 16.2. The molecule has 0 bridgehead atoms. The maximum absolute atomic E-state index is 13.6. The van der Waals surface area contributed by atoms with Gasteiger partial charge in [-0.05, 0) is 79.5 Å². The molecule has 0 N–H and O–H groups in total. The van der Waals surface area contributed by atoms with Crippen LogP contribution >= 0.6 is 0 Å². The minimum absolute atomic E-state index is 0.236. The Morgan fingerprint density at radius 2 is 0.974 bits per heavy atom. The SMILES string of the molecule is O=C(c1ccccc1)N(CC1CCCCC1)CC1CCC(CN(Cc2ccccc2)Cc2ccccc2)CC1. The van der Waals surface area contributed by atoms with Gasteiger partial charge < -0.3 is 4.90 Å². The van der Waals surface area contributed by atoms with Crippen molar-refractivity contribution < 1.29 is 4.79 Å². The van der Waals surface area contributed by atoms with Crippen LogP contribution in [0.25, 0.3) is 0 Å². The molecule has 0 aromatic heterocycles. The van der Waals surface area contributed by atoms with Crippen LogP contribution in [0, 0.1) is 17.8 Å². The molecular formula is C36H46N2O. The van der Waals surface area contributed by atoms with Gasteiger partial charge in [-0.15, -0.1) is 0 Å². The number of carbonyl (C=O) groups is 1. The zero-order valence-electron chi connectivity index (χ0n) is 23.6. The molecule has 0 aliphatic heterocycles. The fourth-order valence-corrected chi connectivity index (χ4v) is 6.83. The lowest BCUT2D eigenvalue weighted by molar-refractivity contribution is 0.0647. The van der Waals surface area contributed by atoms with Crippen molar-refractivity contribution in [2.75, 3.05) is 19.6 Å². The largest absolute Gasteiger partial charge is 0.338 e. The number of hydrogen-bond acceptors (Lipinski definition) is 2. The van der Waals surface area contributed by atoms with Gasteiger partial charge in [-0.3, -0.25) is 9.69 Å². The number of benzene rings is 3. The summed E-state index contributed by atoms with van der Waals surface area (Å²) in [6, 6.07) is 31.8. The Labute approximate surface area is 236 Å². The Balaban J connectivity index is 1.18. The molecule has 0 heterocycles. The van der Waals surface area contributed by atoms with E-state index in [-0.39, 0.29) is 5.91 Å². The molecule has 0 unspecified atom stereocenters. The van der Waals surface area contributed by atoms with Gasteiger partial charge in [0.15, 0.2) is 0 Å². The van der Waals surface area contributed by atoms with Crippen LogP contribution in [0.2, 0.25) is 0 Å². The number of rotatable bonds is 11. The van der Waals surface area contributed by atoms with Gasteiger partial charge in [-0.25, -0.2) is 0 Å². The summed E-state index contributed by atoms with van der Waals surface area (Å²) in [5.41, 5.74) is 3.62. The molecule has 2 saturated carbocycles. The van der Waals surface area contributed by atoms with Crippen molar-refractivity contribution in [1.82, 2.24) is 9.80 Å². The summed E-state index contributed by atoms with van der Waals surface area (Å²) in [7, 11) is 0. The summed E-state index contributed by atoms with van der Waals surface area (Å²) < 4.78 is 0. The molecule has 3 nitrogen and oxygen atoms in total. The lowest BCUT2D eigenvalue weighted by atomic mass is 9.81. The van der Waals surface area contributed by atoms with Crippen LogP contribution in [-0.4, -0.2) is 35.3 Å². The van der Waals surface area contributed by atoms with Crippen molar-refractivity contribution in [1.29, 1.82) is 0 Å². The molecule has 0 spiro atoms. The molecule has 206 valence electrons. The van der Waals surface area contributed by atoms with Crippen LogP contribution in [0.1, 0.15) is 79.3 Å². The summed E-state index contributed by atoms with van der Waals surface area (Å²) in [6.07, 6.45) is 11.6. The van der Waals surface area contributed by atoms with Crippen molar-refractivity contribution in [3.8, 4) is 0 Å². The average molecular weight is 523 g/mol. The molecule has 2 fully saturated rings. The van der Waals surface area contributed by atoms with E-state index in [1.807, 2.05) is 30.3 Å². The maximum atomic E-state index is 13.6. The van der Waals surface area contributed by atoms with E-state index in [1.54, 1.807) is 0 Å². The highest BCUT2D eigenvalue weighted by Crippen LogP contribution is 2.32. The molecular weight excluding hydrogens is 476 g/mol.